The van der Waals surface area contributed by atoms with Crippen molar-refractivity contribution in [1.29, 1.82) is 0 Å². The van der Waals surface area contributed by atoms with Crippen LogP contribution in [0.15, 0.2) is 24.5 Å². The van der Waals surface area contributed by atoms with Crippen LogP contribution in [-0.4, -0.2) is 46.4 Å². The van der Waals surface area contributed by atoms with Gasteiger partial charge in [0.25, 0.3) is 0 Å². The fourth-order valence-corrected chi connectivity index (χ4v) is 4.22. The Labute approximate surface area is 150 Å². The number of aryl methyl sites for hydroxylation is 1. The molecular weight excluding hydrogens is 338 g/mol. The van der Waals surface area contributed by atoms with E-state index >= 15 is 0 Å². The summed E-state index contributed by atoms with van der Waals surface area (Å²) in [4.78, 5) is 18.7. The van der Waals surface area contributed by atoms with Gasteiger partial charge in [-0.15, -0.1) is 10.2 Å². The summed E-state index contributed by atoms with van der Waals surface area (Å²) in [5.41, 5.74) is 0.990. The van der Waals surface area contributed by atoms with Gasteiger partial charge in [0.15, 0.2) is 0 Å². The number of hydrogen-bond acceptors (Lipinski definition) is 7. The zero-order valence-corrected chi connectivity index (χ0v) is 14.9. The largest absolute Gasteiger partial charge is 0.363 e. The third kappa shape index (κ3) is 3.64. The molecule has 2 saturated heterocycles. The molecule has 0 saturated carbocycles. The lowest BCUT2D eigenvalue weighted by Crippen LogP contribution is -2.42. The number of amides is 1. The van der Waals surface area contributed by atoms with Gasteiger partial charge in [-0.05, 0) is 37.3 Å². The van der Waals surface area contributed by atoms with Crippen molar-refractivity contribution in [3.05, 3.63) is 35.1 Å². The molecule has 7 nitrogen and oxygen atoms in total. The molecule has 2 fully saturated rings. The maximum Gasteiger partial charge on any atom is 0.249 e. The van der Waals surface area contributed by atoms with Gasteiger partial charge in [0, 0.05) is 32.0 Å². The number of carbonyl (C=O) groups excluding carboxylic acids is 1. The molecule has 0 aliphatic carbocycles. The Morgan fingerprint density at radius 3 is 3.16 bits per heavy atom. The zero-order valence-electron chi connectivity index (χ0n) is 14.1. The maximum absolute atomic E-state index is 12.4. The highest BCUT2D eigenvalue weighted by Gasteiger charge is 2.42. The van der Waals surface area contributed by atoms with Crippen molar-refractivity contribution in [3.8, 4) is 0 Å². The topological polar surface area (TPSA) is 80.2 Å². The highest BCUT2D eigenvalue weighted by atomic mass is 32.1. The van der Waals surface area contributed by atoms with Crippen LogP contribution in [0, 0.1) is 12.8 Å². The number of aromatic nitrogens is 3. The molecule has 4 rings (SSSR count). The average molecular weight is 359 g/mol. The van der Waals surface area contributed by atoms with Gasteiger partial charge in [-0.1, -0.05) is 17.4 Å². The molecule has 2 aromatic heterocycles. The number of piperidine rings is 1. The van der Waals surface area contributed by atoms with Gasteiger partial charge in [0.05, 0.1) is 6.10 Å². The number of anilines is 1. The Morgan fingerprint density at radius 2 is 2.40 bits per heavy atom. The number of nitrogens with one attached hydrogen (secondary N) is 1. The van der Waals surface area contributed by atoms with E-state index < -0.39 is 0 Å². The average Bonchev–Trinajstić information content (AvgIpc) is 3.26. The lowest BCUT2D eigenvalue weighted by Gasteiger charge is -2.33. The van der Waals surface area contributed by atoms with Crippen LogP contribution >= 0.6 is 11.3 Å². The Hall–Kier alpha value is -2.06. The number of fused-ring (bicyclic) bond motifs is 1. The number of carbonyl (C=O) groups is 1. The van der Waals surface area contributed by atoms with Crippen molar-refractivity contribution in [2.75, 3.05) is 18.0 Å². The van der Waals surface area contributed by atoms with Crippen molar-refractivity contribution < 1.29 is 9.53 Å². The molecule has 0 radical (unpaired) electrons. The maximum atomic E-state index is 12.4. The Bertz CT molecular complexity index is 738. The van der Waals surface area contributed by atoms with E-state index in [2.05, 4.69) is 25.4 Å². The van der Waals surface area contributed by atoms with Crippen LogP contribution in [0.3, 0.4) is 0 Å². The molecular formula is C17H21N5O2S. The van der Waals surface area contributed by atoms with Crippen LogP contribution in [0.25, 0.3) is 0 Å². The van der Waals surface area contributed by atoms with E-state index in [-0.39, 0.29) is 18.1 Å². The third-order valence-electron chi connectivity index (χ3n) is 4.82. The molecule has 8 heteroatoms. The Balaban J connectivity index is 1.32. The summed E-state index contributed by atoms with van der Waals surface area (Å²) in [6, 6.07) is 3.82. The molecule has 132 valence electrons. The minimum absolute atomic E-state index is 0.0310. The minimum atomic E-state index is -0.359. The molecule has 3 atom stereocenters. The predicted molar refractivity (Wildman–Crippen MR) is 94.3 cm³/mol. The molecule has 1 N–H and O–H groups in total. The van der Waals surface area contributed by atoms with E-state index in [1.807, 2.05) is 19.1 Å². The second-order valence-electron chi connectivity index (χ2n) is 6.58. The quantitative estimate of drug-likeness (QED) is 0.892. The van der Waals surface area contributed by atoms with Gasteiger partial charge in [0.1, 0.15) is 11.1 Å². The molecule has 2 aliphatic heterocycles. The van der Waals surface area contributed by atoms with Crippen molar-refractivity contribution in [3.63, 3.8) is 0 Å². The molecule has 1 amide bonds. The van der Waals surface area contributed by atoms with Gasteiger partial charge >= 0.3 is 0 Å². The number of hydrogen-bond donors (Lipinski definition) is 1. The second-order valence-corrected chi connectivity index (χ2v) is 7.74. The molecule has 2 aromatic rings. The lowest BCUT2D eigenvalue weighted by molar-refractivity contribution is -0.132. The van der Waals surface area contributed by atoms with Crippen LogP contribution < -0.4 is 10.2 Å². The van der Waals surface area contributed by atoms with E-state index in [1.54, 1.807) is 23.7 Å². The monoisotopic (exact) mass is 359 g/mol. The van der Waals surface area contributed by atoms with Crippen LogP contribution in [0.5, 0.6) is 0 Å². The fourth-order valence-electron chi connectivity index (χ4n) is 3.49. The van der Waals surface area contributed by atoms with E-state index in [4.69, 9.17) is 4.74 Å². The van der Waals surface area contributed by atoms with Crippen molar-refractivity contribution in [2.45, 2.75) is 38.5 Å². The molecule has 4 heterocycles. The molecule has 0 bridgehead atoms. The lowest BCUT2D eigenvalue weighted by atomic mass is 9.92. The van der Waals surface area contributed by atoms with Gasteiger partial charge < -0.3 is 15.0 Å². The summed E-state index contributed by atoms with van der Waals surface area (Å²) in [6.45, 7) is 4.18. The van der Waals surface area contributed by atoms with E-state index in [1.165, 1.54) is 0 Å². The number of rotatable bonds is 4. The Morgan fingerprint density at radius 1 is 1.48 bits per heavy atom. The number of ether oxygens (including phenoxy) is 1. The predicted octanol–water partition coefficient (Wildman–Crippen LogP) is 1.54. The van der Waals surface area contributed by atoms with Crippen LogP contribution in [0.2, 0.25) is 0 Å². The van der Waals surface area contributed by atoms with Crippen LogP contribution in [0.1, 0.15) is 23.4 Å². The first kappa shape index (κ1) is 16.4. The molecule has 0 aromatic carbocycles. The molecule has 2 aliphatic rings. The van der Waals surface area contributed by atoms with E-state index in [0.29, 0.717) is 12.5 Å². The van der Waals surface area contributed by atoms with Crippen LogP contribution in [0.4, 0.5) is 5.13 Å². The third-order valence-corrected chi connectivity index (χ3v) is 5.72. The van der Waals surface area contributed by atoms with Gasteiger partial charge in [0.2, 0.25) is 11.0 Å². The summed E-state index contributed by atoms with van der Waals surface area (Å²) < 4.78 is 6.06. The number of pyridine rings is 1. The normalized spacial score (nSPS) is 25.6. The van der Waals surface area contributed by atoms with Crippen LogP contribution in [-0.2, 0) is 16.1 Å². The van der Waals surface area contributed by atoms with Crippen molar-refractivity contribution in [1.82, 2.24) is 20.5 Å². The van der Waals surface area contributed by atoms with Crippen molar-refractivity contribution >= 4 is 22.4 Å². The van der Waals surface area contributed by atoms with Gasteiger partial charge in [-0.2, -0.15) is 0 Å². The molecule has 0 unspecified atom stereocenters. The first-order valence-electron chi connectivity index (χ1n) is 8.56. The summed E-state index contributed by atoms with van der Waals surface area (Å²) in [7, 11) is 0. The Kier molecular flexibility index (Phi) is 4.63. The first-order valence-corrected chi connectivity index (χ1v) is 9.38. The summed E-state index contributed by atoms with van der Waals surface area (Å²) in [5, 5.41) is 13.2. The zero-order chi connectivity index (χ0) is 17.2. The smallest absolute Gasteiger partial charge is 0.249 e. The first-order chi connectivity index (χ1) is 12.2. The second kappa shape index (κ2) is 7.05. The molecule has 25 heavy (non-hydrogen) atoms. The highest BCUT2D eigenvalue weighted by Crippen LogP contribution is 2.35. The van der Waals surface area contributed by atoms with Crippen molar-refractivity contribution in [2.24, 2.45) is 5.92 Å². The fraction of sp³-hybridized carbons (Fsp3) is 0.529. The summed E-state index contributed by atoms with van der Waals surface area (Å²) >= 11 is 1.60. The standard InChI is InChI=1S/C17H21N5O2S/c1-11-20-21-17(25-11)22-6-4-13-7-14(24-15(13)10-22)16(23)19-9-12-3-2-5-18-8-12/h2-3,5,8,13-15H,4,6-7,9-10H2,1H3,(H,19,23)/t13-,14-,15+/m0/s1. The van der Waals surface area contributed by atoms with E-state index in [0.717, 1.165) is 41.6 Å². The SMILES string of the molecule is Cc1nnc(N2CC[C@H]3C[C@@H](C(=O)NCc4cccnc4)O[C@@H]3C2)s1. The highest BCUT2D eigenvalue weighted by molar-refractivity contribution is 7.15. The summed E-state index contributed by atoms with van der Waals surface area (Å²) in [6.07, 6.45) is 5.04. The number of nitrogens with zero attached hydrogens (tertiary/aromatic N) is 4. The molecule has 0 spiro atoms. The minimum Gasteiger partial charge on any atom is -0.363 e. The van der Waals surface area contributed by atoms with Gasteiger partial charge in [-0.3, -0.25) is 9.78 Å². The van der Waals surface area contributed by atoms with E-state index in [9.17, 15) is 4.79 Å². The van der Waals surface area contributed by atoms with Gasteiger partial charge in [-0.25, -0.2) is 0 Å². The summed E-state index contributed by atoms with van der Waals surface area (Å²) in [5.74, 6) is 0.413.